The Morgan fingerprint density at radius 1 is 1.25 bits per heavy atom. The molecule has 0 aliphatic heterocycles. The topological polar surface area (TPSA) is 89.7 Å². The molecule has 0 bridgehead atoms. The number of ketones is 1. The molecule has 2 aromatic rings. The van der Waals surface area contributed by atoms with E-state index in [0.29, 0.717) is 0 Å². The van der Waals surface area contributed by atoms with E-state index in [4.69, 9.17) is 4.74 Å². The molecule has 0 atom stereocenters. The molecule has 0 aliphatic rings. The summed E-state index contributed by atoms with van der Waals surface area (Å²) in [6.07, 6.45) is 2.28. The SMILES string of the molecule is COc1cc(/C=C/C(=O)c2ccc(F)c(F)c2)cc([N+](=O)[O-])c1O. The van der Waals surface area contributed by atoms with Crippen LogP contribution in [0.2, 0.25) is 0 Å². The molecule has 6 nitrogen and oxygen atoms in total. The highest BCUT2D eigenvalue weighted by Crippen LogP contribution is 2.37. The second kappa shape index (κ2) is 6.86. The van der Waals surface area contributed by atoms with Gasteiger partial charge < -0.3 is 9.84 Å². The van der Waals surface area contributed by atoms with E-state index in [1.54, 1.807) is 0 Å². The molecule has 0 spiro atoms. The second-order valence-corrected chi connectivity index (χ2v) is 4.67. The largest absolute Gasteiger partial charge is 0.500 e. The van der Waals surface area contributed by atoms with Crippen LogP contribution in [0, 0.1) is 21.7 Å². The number of hydrogen-bond donors (Lipinski definition) is 1. The standard InChI is InChI=1S/C16H11F2NO5/c1-24-15-7-9(6-13(16(15)21)19(22)23)2-5-14(20)10-3-4-11(17)12(18)8-10/h2-8,21H,1H3/b5-2+. The molecule has 0 heterocycles. The zero-order valence-corrected chi connectivity index (χ0v) is 12.3. The van der Waals surface area contributed by atoms with Gasteiger partial charge >= 0.3 is 5.69 Å². The number of phenols is 1. The number of allylic oxidation sites excluding steroid dienone is 1. The van der Waals surface area contributed by atoms with Crippen LogP contribution in [0.1, 0.15) is 15.9 Å². The monoisotopic (exact) mass is 335 g/mol. The fourth-order valence-electron chi connectivity index (χ4n) is 1.92. The summed E-state index contributed by atoms with van der Waals surface area (Å²) in [6.45, 7) is 0. The van der Waals surface area contributed by atoms with Gasteiger partial charge in [-0.25, -0.2) is 8.78 Å². The van der Waals surface area contributed by atoms with Gasteiger partial charge in [0.1, 0.15) is 0 Å². The minimum Gasteiger partial charge on any atom is -0.500 e. The number of rotatable bonds is 5. The van der Waals surface area contributed by atoms with Crippen molar-refractivity contribution in [3.63, 3.8) is 0 Å². The summed E-state index contributed by atoms with van der Waals surface area (Å²) in [5.74, 6) is -3.62. The molecule has 2 rings (SSSR count). The van der Waals surface area contributed by atoms with E-state index < -0.39 is 33.8 Å². The van der Waals surface area contributed by atoms with Crippen LogP contribution in [0.3, 0.4) is 0 Å². The molecule has 1 N–H and O–H groups in total. The lowest BCUT2D eigenvalue weighted by Gasteiger charge is -2.05. The fourth-order valence-corrected chi connectivity index (χ4v) is 1.92. The Morgan fingerprint density at radius 3 is 2.54 bits per heavy atom. The van der Waals surface area contributed by atoms with Crippen molar-refractivity contribution < 1.29 is 28.3 Å². The molecule has 0 unspecified atom stereocenters. The van der Waals surface area contributed by atoms with E-state index in [9.17, 15) is 28.8 Å². The molecule has 8 heteroatoms. The van der Waals surface area contributed by atoms with Gasteiger partial charge in [-0.2, -0.15) is 0 Å². The smallest absolute Gasteiger partial charge is 0.315 e. The maximum Gasteiger partial charge on any atom is 0.315 e. The normalized spacial score (nSPS) is 10.8. The number of nitro groups is 1. The van der Waals surface area contributed by atoms with Gasteiger partial charge in [0.05, 0.1) is 12.0 Å². The van der Waals surface area contributed by atoms with Crippen molar-refractivity contribution in [2.24, 2.45) is 0 Å². The summed E-state index contributed by atoms with van der Waals surface area (Å²) >= 11 is 0. The number of hydrogen-bond acceptors (Lipinski definition) is 5. The lowest BCUT2D eigenvalue weighted by atomic mass is 10.1. The van der Waals surface area contributed by atoms with Crippen LogP contribution in [0.15, 0.2) is 36.4 Å². The van der Waals surface area contributed by atoms with Gasteiger partial charge in [0.2, 0.25) is 5.75 Å². The zero-order chi connectivity index (χ0) is 17.9. The van der Waals surface area contributed by atoms with Crippen molar-refractivity contribution in [3.8, 4) is 11.5 Å². The first-order valence-electron chi connectivity index (χ1n) is 6.56. The number of nitro benzene ring substituents is 1. The summed E-state index contributed by atoms with van der Waals surface area (Å²) in [4.78, 5) is 22.0. The number of methoxy groups -OCH3 is 1. The van der Waals surface area contributed by atoms with Gasteiger partial charge in [-0.1, -0.05) is 6.08 Å². The third kappa shape index (κ3) is 3.54. The first-order chi connectivity index (χ1) is 11.3. The number of ether oxygens (including phenoxy) is 1. The fraction of sp³-hybridized carbons (Fsp3) is 0.0625. The van der Waals surface area contributed by atoms with E-state index >= 15 is 0 Å². The van der Waals surface area contributed by atoms with Crippen LogP contribution in [0.25, 0.3) is 6.08 Å². The molecule has 0 fully saturated rings. The van der Waals surface area contributed by atoms with Crippen LogP contribution >= 0.6 is 0 Å². The average molecular weight is 335 g/mol. The maximum atomic E-state index is 13.1. The predicted molar refractivity (Wildman–Crippen MR) is 81.0 cm³/mol. The van der Waals surface area contributed by atoms with Crippen molar-refractivity contribution in [2.75, 3.05) is 7.11 Å². The summed E-state index contributed by atoms with van der Waals surface area (Å²) in [5, 5.41) is 20.6. The van der Waals surface area contributed by atoms with E-state index in [0.717, 1.165) is 30.3 Å². The third-order valence-corrected chi connectivity index (χ3v) is 3.13. The number of benzene rings is 2. The Morgan fingerprint density at radius 2 is 1.96 bits per heavy atom. The van der Waals surface area contributed by atoms with Crippen LogP contribution in [0.4, 0.5) is 14.5 Å². The lowest BCUT2D eigenvalue weighted by molar-refractivity contribution is -0.386. The molecule has 0 aliphatic carbocycles. The van der Waals surface area contributed by atoms with Crippen molar-refractivity contribution in [1.82, 2.24) is 0 Å². The Kier molecular flexibility index (Phi) is 4.88. The third-order valence-electron chi connectivity index (χ3n) is 3.13. The number of nitrogens with zero attached hydrogens (tertiary/aromatic N) is 1. The van der Waals surface area contributed by atoms with Gasteiger partial charge in [0.25, 0.3) is 0 Å². The molecule has 0 aromatic heterocycles. The van der Waals surface area contributed by atoms with Crippen molar-refractivity contribution in [3.05, 3.63) is 69.3 Å². The molecule has 0 saturated carbocycles. The summed E-state index contributed by atoms with van der Waals surface area (Å²) in [5.41, 5.74) is -0.452. The van der Waals surface area contributed by atoms with Crippen LogP contribution in [-0.4, -0.2) is 22.9 Å². The summed E-state index contributed by atoms with van der Waals surface area (Å²) in [6, 6.07) is 5.03. The first-order valence-corrected chi connectivity index (χ1v) is 6.56. The average Bonchev–Trinajstić information content (AvgIpc) is 2.55. The van der Waals surface area contributed by atoms with Crippen molar-refractivity contribution >= 4 is 17.5 Å². The van der Waals surface area contributed by atoms with E-state index in [2.05, 4.69) is 0 Å². The van der Waals surface area contributed by atoms with Crippen molar-refractivity contribution in [2.45, 2.75) is 0 Å². The molecule has 24 heavy (non-hydrogen) atoms. The highest BCUT2D eigenvalue weighted by atomic mass is 19.2. The number of halogens is 2. The van der Waals surface area contributed by atoms with Gasteiger partial charge in [-0.3, -0.25) is 14.9 Å². The van der Waals surface area contributed by atoms with Gasteiger partial charge in [-0.05, 0) is 35.9 Å². The molecule has 0 saturated heterocycles. The zero-order valence-electron chi connectivity index (χ0n) is 12.3. The van der Waals surface area contributed by atoms with Crippen molar-refractivity contribution in [1.29, 1.82) is 0 Å². The predicted octanol–water partition coefficient (Wildman–Crippen LogP) is 3.48. The number of phenolic OH excluding ortho intramolecular Hbond substituents is 1. The highest BCUT2D eigenvalue weighted by Gasteiger charge is 2.19. The number of carbonyl (C=O) groups is 1. The maximum absolute atomic E-state index is 13.1. The molecule has 0 amide bonds. The first kappa shape index (κ1) is 17.1. The van der Waals surface area contributed by atoms with Gasteiger partial charge in [0.15, 0.2) is 23.2 Å². The Hall–Kier alpha value is -3.29. The summed E-state index contributed by atoms with van der Waals surface area (Å²) in [7, 11) is 1.22. The second-order valence-electron chi connectivity index (χ2n) is 4.67. The molecular formula is C16H11F2NO5. The van der Waals surface area contributed by atoms with E-state index in [1.165, 1.54) is 19.3 Å². The number of aromatic hydroxyl groups is 1. The van der Waals surface area contributed by atoms with Crippen LogP contribution in [0.5, 0.6) is 11.5 Å². The Balaban J connectivity index is 2.34. The highest BCUT2D eigenvalue weighted by molar-refractivity contribution is 6.06. The number of carbonyl (C=O) groups excluding carboxylic acids is 1. The minimum atomic E-state index is -1.16. The minimum absolute atomic E-state index is 0.0783. The van der Waals surface area contributed by atoms with E-state index in [1.807, 2.05) is 0 Å². The van der Waals surface area contributed by atoms with Gasteiger partial charge in [-0.15, -0.1) is 0 Å². The van der Waals surface area contributed by atoms with Gasteiger partial charge in [0, 0.05) is 11.6 Å². The van der Waals surface area contributed by atoms with Crippen LogP contribution in [-0.2, 0) is 0 Å². The van der Waals surface area contributed by atoms with E-state index in [-0.39, 0.29) is 16.9 Å². The lowest BCUT2D eigenvalue weighted by Crippen LogP contribution is -1.97. The molecule has 0 radical (unpaired) electrons. The molecule has 2 aromatic carbocycles. The summed E-state index contributed by atoms with van der Waals surface area (Å²) < 4.78 is 30.8. The molecule has 124 valence electrons. The van der Waals surface area contributed by atoms with Crippen LogP contribution < -0.4 is 4.74 Å². The Labute approximate surface area is 134 Å². The molecular weight excluding hydrogens is 324 g/mol. The quantitative estimate of drug-likeness (QED) is 0.391. The Bertz CT molecular complexity index is 849.